The molecule has 0 bridgehead atoms. The number of aliphatic hydroxyl groups excluding tert-OH is 1. The standard InChI is InChI=1S/C29H33F2N4O7PS/c30-29(31,43(40,41)42)19-7-10-24-18(13-19)14-25(44-24)27(38)34-22-6-2-1-5-21-8-9-23(35(21)28(22)39)26(37)33-20(16-36)12-17-4-3-11-32-15-17/h3-4,7,10-11,13-15,20-23,36H,1-2,5-6,8-9,12,16H2,(H,33,37)(H,34,38)(H2,40,41,42)/t20-,21+,22+,23+/m1/s1. The quantitative estimate of drug-likeness (QED) is 0.220. The number of nitrogens with zero attached hydrogens (tertiary/aromatic N) is 2. The van der Waals surface area contributed by atoms with E-state index in [4.69, 9.17) is 9.79 Å². The van der Waals surface area contributed by atoms with E-state index >= 15 is 0 Å². The van der Waals surface area contributed by atoms with E-state index in [-0.39, 0.29) is 34.7 Å². The summed E-state index contributed by atoms with van der Waals surface area (Å²) < 4.78 is 40.2. The first kappa shape index (κ1) is 32.1. The molecule has 236 valence electrons. The highest BCUT2D eigenvalue weighted by atomic mass is 32.1. The Balaban J connectivity index is 1.30. The Kier molecular flexibility index (Phi) is 9.47. The molecule has 2 aliphatic rings. The van der Waals surface area contributed by atoms with Crippen LogP contribution in [0.15, 0.2) is 48.8 Å². The molecular weight excluding hydrogens is 617 g/mol. The van der Waals surface area contributed by atoms with Crippen LogP contribution in [-0.4, -0.2) is 73.3 Å². The molecule has 4 atom stereocenters. The summed E-state index contributed by atoms with van der Waals surface area (Å²) in [7, 11) is -5.76. The molecule has 2 aliphatic heterocycles. The van der Waals surface area contributed by atoms with E-state index in [9.17, 15) is 32.8 Å². The van der Waals surface area contributed by atoms with Gasteiger partial charge in [0, 0.05) is 28.7 Å². The van der Waals surface area contributed by atoms with Gasteiger partial charge in [-0.1, -0.05) is 25.0 Å². The molecule has 11 nitrogen and oxygen atoms in total. The van der Waals surface area contributed by atoms with Gasteiger partial charge in [-0.2, -0.15) is 8.78 Å². The Hall–Kier alpha value is -3.29. The summed E-state index contributed by atoms with van der Waals surface area (Å²) in [5.74, 6) is -1.35. The third kappa shape index (κ3) is 6.69. The van der Waals surface area contributed by atoms with Crippen LogP contribution in [0, 0.1) is 0 Å². The van der Waals surface area contributed by atoms with Crippen LogP contribution in [0.1, 0.15) is 59.3 Å². The molecule has 0 unspecified atom stereocenters. The fourth-order valence-corrected chi connectivity index (χ4v) is 7.35. The largest absolute Gasteiger partial charge is 0.399 e. The zero-order valence-corrected chi connectivity index (χ0v) is 25.3. The van der Waals surface area contributed by atoms with Crippen molar-refractivity contribution in [3.05, 3.63) is 64.8 Å². The van der Waals surface area contributed by atoms with Gasteiger partial charge in [0.1, 0.15) is 12.1 Å². The van der Waals surface area contributed by atoms with Gasteiger partial charge in [-0.15, -0.1) is 11.3 Å². The van der Waals surface area contributed by atoms with E-state index in [0.29, 0.717) is 36.8 Å². The zero-order valence-electron chi connectivity index (χ0n) is 23.6. The first-order valence-corrected chi connectivity index (χ1v) is 16.7. The van der Waals surface area contributed by atoms with Gasteiger partial charge in [-0.05, 0) is 67.3 Å². The second-order valence-electron chi connectivity index (χ2n) is 11.2. The van der Waals surface area contributed by atoms with E-state index in [2.05, 4.69) is 15.6 Å². The Morgan fingerprint density at radius 3 is 2.61 bits per heavy atom. The van der Waals surface area contributed by atoms with Crippen molar-refractivity contribution in [3.8, 4) is 0 Å². The number of aromatic nitrogens is 1. The molecule has 44 heavy (non-hydrogen) atoms. The van der Waals surface area contributed by atoms with Gasteiger partial charge in [-0.3, -0.25) is 23.9 Å². The van der Waals surface area contributed by atoms with Crippen LogP contribution in [-0.2, 0) is 26.2 Å². The minimum atomic E-state index is -5.76. The Bertz CT molecular complexity index is 1580. The van der Waals surface area contributed by atoms with Crippen LogP contribution in [0.2, 0.25) is 0 Å². The fraction of sp³-hybridized carbons (Fsp3) is 0.448. The lowest BCUT2D eigenvalue weighted by atomic mass is 9.99. The predicted molar refractivity (Wildman–Crippen MR) is 158 cm³/mol. The molecule has 15 heteroatoms. The molecule has 0 radical (unpaired) electrons. The summed E-state index contributed by atoms with van der Waals surface area (Å²) in [6.45, 7) is -0.295. The zero-order chi connectivity index (χ0) is 31.6. The second kappa shape index (κ2) is 13.0. The average molecular weight is 651 g/mol. The molecule has 3 aromatic rings. The Morgan fingerprint density at radius 2 is 1.91 bits per heavy atom. The van der Waals surface area contributed by atoms with Crippen molar-refractivity contribution in [2.75, 3.05) is 6.61 Å². The number of pyridine rings is 1. The van der Waals surface area contributed by atoms with E-state index < -0.39 is 42.9 Å². The number of halogens is 2. The molecular formula is C29H33F2N4O7PS. The summed E-state index contributed by atoms with van der Waals surface area (Å²) in [5.41, 5.74) is -4.41. The van der Waals surface area contributed by atoms with Crippen molar-refractivity contribution >= 4 is 46.7 Å². The Morgan fingerprint density at radius 1 is 1.14 bits per heavy atom. The second-order valence-corrected chi connectivity index (χ2v) is 13.9. The number of carbonyl (C=O) groups excluding carboxylic acids is 3. The van der Waals surface area contributed by atoms with Crippen LogP contribution in [0.25, 0.3) is 10.1 Å². The number of aliphatic hydroxyl groups is 1. The molecule has 5 rings (SSSR count). The molecule has 0 saturated carbocycles. The summed E-state index contributed by atoms with van der Waals surface area (Å²) in [6.07, 6.45) is 7.30. The number of rotatable bonds is 9. The SMILES string of the molecule is O=C(N[C@H]1CCCC[C@H]2CC[C@@H](C(=O)N[C@@H](CO)Cc3cccnc3)N2C1=O)c1cc2cc(C(F)(F)P(=O)(O)O)ccc2s1. The number of hydrogen-bond donors (Lipinski definition) is 5. The maximum absolute atomic E-state index is 14.2. The first-order valence-electron chi connectivity index (χ1n) is 14.3. The van der Waals surface area contributed by atoms with Crippen molar-refractivity contribution in [1.82, 2.24) is 20.5 Å². The lowest BCUT2D eigenvalue weighted by molar-refractivity contribution is -0.143. The number of alkyl halides is 2. The van der Waals surface area contributed by atoms with Crippen molar-refractivity contribution in [2.24, 2.45) is 0 Å². The molecule has 0 spiro atoms. The highest BCUT2D eigenvalue weighted by molar-refractivity contribution is 7.52. The maximum atomic E-state index is 14.2. The van der Waals surface area contributed by atoms with Gasteiger partial charge in [0.05, 0.1) is 17.5 Å². The normalized spacial score (nSPS) is 21.8. The summed E-state index contributed by atoms with van der Waals surface area (Å²) in [5, 5.41) is 15.7. The van der Waals surface area contributed by atoms with Gasteiger partial charge in [0.2, 0.25) is 11.8 Å². The van der Waals surface area contributed by atoms with Crippen LogP contribution < -0.4 is 10.6 Å². The number of benzene rings is 1. The van der Waals surface area contributed by atoms with E-state index in [0.717, 1.165) is 41.9 Å². The Labute approximate surface area is 255 Å². The van der Waals surface area contributed by atoms with Gasteiger partial charge >= 0.3 is 13.3 Å². The van der Waals surface area contributed by atoms with E-state index in [1.54, 1.807) is 23.4 Å². The number of carbonyl (C=O) groups is 3. The molecule has 1 aromatic carbocycles. The summed E-state index contributed by atoms with van der Waals surface area (Å²) in [6, 6.07) is 5.66. The summed E-state index contributed by atoms with van der Waals surface area (Å²) in [4.78, 5) is 64.4. The third-order valence-corrected chi connectivity index (χ3v) is 10.3. The fourth-order valence-electron chi connectivity index (χ4n) is 5.92. The van der Waals surface area contributed by atoms with Crippen molar-refractivity contribution in [1.29, 1.82) is 0 Å². The number of hydrogen-bond acceptors (Lipinski definition) is 7. The molecule has 2 aromatic heterocycles. The van der Waals surface area contributed by atoms with Gasteiger partial charge in [0.15, 0.2) is 0 Å². The highest BCUT2D eigenvalue weighted by Crippen LogP contribution is 2.59. The summed E-state index contributed by atoms with van der Waals surface area (Å²) >= 11 is 0.998. The van der Waals surface area contributed by atoms with Crippen molar-refractivity contribution < 1.29 is 42.6 Å². The smallest absolute Gasteiger partial charge is 0.394 e. The lowest BCUT2D eigenvalue weighted by Gasteiger charge is -2.35. The van der Waals surface area contributed by atoms with Gasteiger partial charge in [-0.25, -0.2) is 0 Å². The van der Waals surface area contributed by atoms with Crippen molar-refractivity contribution in [2.45, 2.75) is 74.8 Å². The molecule has 4 heterocycles. The third-order valence-electron chi connectivity index (χ3n) is 8.17. The van der Waals surface area contributed by atoms with Crippen LogP contribution in [0.3, 0.4) is 0 Å². The number of thiophene rings is 1. The topological polar surface area (TPSA) is 169 Å². The molecule has 0 aliphatic carbocycles. The monoisotopic (exact) mass is 650 g/mol. The molecule has 2 fully saturated rings. The lowest BCUT2D eigenvalue weighted by Crippen LogP contribution is -2.57. The van der Waals surface area contributed by atoms with Crippen LogP contribution in [0.5, 0.6) is 0 Å². The minimum Gasteiger partial charge on any atom is -0.394 e. The highest BCUT2D eigenvalue weighted by Gasteiger charge is 2.50. The minimum absolute atomic E-state index is 0.139. The van der Waals surface area contributed by atoms with Crippen LogP contribution in [0.4, 0.5) is 8.78 Å². The number of amides is 3. The molecule has 5 N–H and O–H groups in total. The van der Waals surface area contributed by atoms with E-state index in [1.807, 2.05) is 6.07 Å². The maximum Gasteiger partial charge on any atom is 0.399 e. The number of nitrogens with one attached hydrogen (secondary N) is 2. The van der Waals surface area contributed by atoms with E-state index in [1.165, 1.54) is 12.1 Å². The van der Waals surface area contributed by atoms with Crippen molar-refractivity contribution in [3.63, 3.8) is 0 Å². The average Bonchev–Trinajstić information content (AvgIpc) is 3.61. The van der Waals surface area contributed by atoms with Crippen LogP contribution >= 0.6 is 18.9 Å². The molecule has 2 saturated heterocycles. The van der Waals surface area contributed by atoms with Gasteiger partial charge in [0.25, 0.3) is 5.91 Å². The molecule has 3 amide bonds. The first-order chi connectivity index (χ1) is 20.9. The predicted octanol–water partition coefficient (Wildman–Crippen LogP) is 3.28. The number of fused-ring (bicyclic) bond motifs is 2. The van der Waals surface area contributed by atoms with Gasteiger partial charge < -0.3 is 30.4 Å².